The minimum absolute atomic E-state index is 0.536. The van der Waals surface area contributed by atoms with Crippen LogP contribution in [0.15, 0.2) is 67.0 Å². The molecule has 4 aromatic rings. The normalized spacial score (nSPS) is 16.5. The second-order valence-corrected chi connectivity index (χ2v) is 9.39. The van der Waals surface area contributed by atoms with Crippen LogP contribution < -0.4 is 15.0 Å². The zero-order valence-corrected chi connectivity index (χ0v) is 21.4. The predicted octanol–water partition coefficient (Wildman–Crippen LogP) is 3.98. The fourth-order valence-electron chi connectivity index (χ4n) is 4.77. The van der Waals surface area contributed by atoms with Gasteiger partial charge in [0.25, 0.3) is 0 Å². The lowest BCUT2D eigenvalue weighted by molar-refractivity contribution is 0.0322. The molecule has 196 valence electrons. The molecule has 0 bridgehead atoms. The monoisotopic (exact) mass is 512 g/mol. The molecule has 0 amide bonds. The number of aromatic nitrogens is 3. The summed E-state index contributed by atoms with van der Waals surface area (Å²) in [6.45, 7) is 8.31. The van der Waals surface area contributed by atoms with E-state index >= 15 is 0 Å². The Bertz CT molecular complexity index is 1340. The maximum absolute atomic E-state index is 5.99. The summed E-state index contributed by atoms with van der Waals surface area (Å²) in [5, 5.41) is 4.29. The largest absolute Gasteiger partial charge is 0.492 e. The molecule has 2 aromatic heterocycles. The van der Waals surface area contributed by atoms with Crippen molar-refractivity contribution in [3.8, 4) is 16.9 Å². The summed E-state index contributed by atoms with van der Waals surface area (Å²) in [6, 6.07) is 18.4. The number of hydrogen-bond donors (Lipinski definition) is 1. The number of fused-ring (bicyclic) bond motifs is 1. The number of morpholine rings is 2. The lowest BCUT2D eigenvalue weighted by Crippen LogP contribution is -2.38. The van der Waals surface area contributed by atoms with Crippen LogP contribution in [0.25, 0.3) is 22.0 Å². The maximum atomic E-state index is 5.99. The number of pyridine rings is 1. The molecule has 4 heterocycles. The van der Waals surface area contributed by atoms with E-state index in [1.165, 1.54) is 0 Å². The molecule has 1 N–H and O–H groups in total. The van der Waals surface area contributed by atoms with E-state index in [9.17, 15) is 0 Å². The zero-order chi connectivity index (χ0) is 25.6. The molecule has 6 rings (SSSR count). The third-order valence-electron chi connectivity index (χ3n) is 6.90. The second-order valence-electron chi connectivity index (χ2n) is 9.39. The summed E-state index contributed by atoms with van der Waals surface area (Å²) < 4.78 is 16.8. The van der Waals surface area contributed by atoms with Crippen molar-refractivity contribution in [2.75, 3.05) is 76.0 Å². The lowest BCUT2D eigenvalue weighted by atomic mass is 10.0. The van der Waals surface area contributed by atoms with E-state index < -0.39 is 0 Å². The number of para-hydroxylation sites is 1. The Morgan fingerprint density at radius 2 is 1.61 bits per heavy atom. The Balaban J connectivity index is 1.14. The first-order valence-electron chi connectivity index (χ1n) is 13.2. The van der Waals surface area contributed by atoms with Crippen LogP contribution in [-0.2, 0) is 9.47 Å². The molecule has 2 fully saturated rings. The van der Waals surface area contributed by atoms with Gasteiger partial charge in [-0.3, -0.25) is 4.90 Å². The Morgan fingerprint density at radius 1 is 0.816 bits per heavy atom. The van der Waals surface area contributed by atoms with Crippen LogP contribution in [0.5, 0.6) is 5.75 Å². The van der Waals surface area contributed by atoms with E-state index in [1.807, 2.05) is 48.8 Å². The van der Waals surface area contributed by atoms with Gasteiger partial charge in [-0.2, -0.15) is 0 Å². The van der Waals surface area contributed by atoms with Crippen LogP contribution >= 0.6 is 0 Å². The number of ether oxygens (including phenoxy) is 3. The van der Waals surface area contributed by atoms with Gasteiger partial charge >= 0.3 is 0 Å². The summed E-state index contributed by atoms with van der Waals surface area (Å²) in [7, 11) is 0. The Kier molecular flexibility index (Phi) is 7.57. The fourth-order valence-corrected chi connectivity index (χ4v) is 4.77. The van der Waals surface area contributed by atoms with Crippen LogP contribution in [0.3, 0.4) is 0 Å². The summed E-state index contributed by atoms with van der Waals surface area (Å²) in [5.41, 5.74) is 3.87. The molecule has 9 heteroatoms. The minimum atomic E-state index is 0.536. The Hall–Kier alpha value is -3.79. The summed E-state index contributed by atoms with van der Waals surface area (Å²) >= 11 is 0. The van der Waals surface area contributed by atoms with Crippen molar-refractivity contribution < 1.29 is 14.2 Å². The molecule has 0 spiro atoms. The molecule has 0 saturated carbocycles. The van der Waals surface area contributed by atoms with Crippen molar-refractivity contribution in [2.24, 2.45) is 0 Å². The Labute approximate surface area is 222 Å². The average Bonchev–Trinajstić information content (AvgIpc) is 2.99. The first kappa shape index (κ1) is 24.5. The first-order chi connectivity index (χ1) is 18.8. The van der Waals surface area contributed by atoms with E-state index in [2.05, 4.69) is 43.3 Å². The van der Waals surface area contributed by atoms with Crippen molar-refractivity contribution in [3.05, 3.63) is 67.0 Å². The van der Waals surface area contributed by atoms with Gasteiger partial charge in [-0.25, -0.2) is 15.0 Å². The predicted molar refractivity (Wildman–Crippen MR) is 148 cm³/mol. The highest BCUT2D eigenvalue weighted by atomic mass is 16.5. The van der Waals surface area contributed by atoms with Crippen LogP contribution in [0, 0.1) is 0 Å². The summed E-state index contributed by atoms with van der Waals surface area (Å²) in [6.07, 6.45) is 3.68. The van der Waals surface area contributed by atoms with Gasteiger partial charge in [-0.05, 0) is 29.8 Å². The van der Waals surface area contributed by atoms with Crippen molar-refractivity contribution in [3.63, 3.8) is 0 Å². The number of benzene rings is 2. The molecule has 0 atom stereocenters. The van der Waals surface area contributed by atoms with Gasteiger partial charge in [0.15, 0.2) is 0 Å². The van der Waals surface area contributed by atoms with Crippen LogP contribution in [0.1, 0.15) is 0 Å². The highest BCUT2D eigenvalue weighted by molar-refractivity contribution is 5.94. The van der Waals surface area contributed by atoms with Gasteiger partial charge in [-0.15, -0.1) is 0 Å². The van der Waals surface area contributed by atoms with Gasteiger partial charge in [0, 0.05) is 49.9 Å². The topological polar surface area (TPSA) is 84.9 Å². The number of nitrogens with one attached hydrogen (secondary N) is 1. The highest BCUT2D eigenvalue weighted by Crippen LogP contribution is 2.29. The second kappa shape index (κ2) is 11.7. The minimum Gasteiger partial charge on any atom is -0.492 e. The number of anilines is 3. The number of nitrogens with zero attached hydrogens (tertiary/aromatic N) is 5. The van der Waals surface area contributed by atoms with Gasteiger partial charge in [0.2, 0.25) is 5.95 Å². The van der Waals surface area contributed by atoms with E-state index in [-0.39, 0.29) is 0 Å². The van der Waals surface area contributed by atoms with E-state index in [0.717, 1.165) is 98.4 Å². The molecule has 9 nitrogen and oxygen atoms in total. The van der Waals surface area contributed by atoms with Crippen LogP contribution in [0.2, 0.25) is 0 Å². The number of hydrogen-bond acceptors (Lipinski definition) is 9. The van der Waals surface area contributed by atoms with Gasteiger partial charge in [-0.1, -0.05) is 30.3 Å². The smallest absolute Gasteiger partial charge is 0.227 e. The molecule has 2 aromatic carbocycles. The maximum Gasteiger partial charge on any atom is 0.227 e. The first-order valence-corrected chi connectivity index (χ1v) is 13.2. The zero-order valence-electron chi connectivity index (χ0n) is 21.4. The summed E-state index contributed by atoms with van der Waals surface area (Å²) in [5.74, 6) is 2.36. The summed E-state index contributed by atoms with van der Waals surface area (Å²) in [4.78, 5) is 18.6. The van der Waals surface area contributed by atoms with E-state index in [0.29, 0.717) is 12.6 Å². The third-order valence-corrected chi connectivity index (χ3v) is 6.90. The van der Waals surface area contributed by atoms with E-state index in [1.54, 1.807) is 0 Å². The van der Waals surface area contributed by atoms with Crippen LogP contribution in [-0.4, -0.2) is 85.6 Å². The highest BCUT2D eigenvalue weighted by Gasteiger charge is 2.13. The van der Waals surface area contributed by atoms with Gasteiger partial charge < -0.3 is 24.4 Å². The fraction of sp³-hybridized carbons (Fsp3) is 0.345. The lowest BCUT2D eigenvalue weighted by Gasteiger charge is -2.27. The van der Waals surface area contributed by atoms with Crippen LogP contribution in [0.4, 0.5) is 17.5 Å². The Morgan fingerprint density at radius 3 is 2.37 bits per heavy atom. The quantitative estimate of drug-likeness (QED) is 0.377. The average molecular weight is 513 g/mol. The molecular formula is C29H32N6O3. The molecule has 0 unspecified atom stereocenters. The van der Waals surface area contributed by atoms with Crippen molar-refractivity contribution in [1.29, 1.82) is 0 Å². The molecule has 0 radical (unpaired) electrons. The SMILES string of the molecule is c1cc(-c2ccc(OCCN3CCOCC3)cc2)c2nc(Nc3ccc(N4CCOCC4)nc3)ncc2c1. The standard InChI is InChI=1S/C29H32N6O3/c1-2-23-20-31-29(32-24-6-9-27(30-21-24)35-13-17-37-18-14-35)33-28(23)26(3-1)22-4-7-25(8-5-22)38-19-12-34-10-15-36-16-11-34/h1-9,20-21H,10-19H2,(H,31,32,33). The molecule has 2 aliphatic rings. The molecule has 0 aliphatic carbocycles. The van der Waals surface area contributed by atoms with Gasteiger partial charge in [0.1, 0.15) is 18.2 Å². The number of rotatable bonds is 8. The third kappa shape index (κ3) is 5.85. The van der Waals surface area contributed by atoms with Crippen molar-refractivity contribution >= 4 is 28.4 Å². The van der Waals surface area contributed by atoms with Gasteiger partial charge in [0.05, 0.1) is 43.8 Å². The molecule has 38 heavy (non-hydrogen) atoms. The molecular weight excluding hydrogens is 480 g/mol. The molecule has 2 saturated heterocycles. The van der Waals surface area contributed by atoms with E-state index in [4.69, 9.17) is 19.2 Å². The van der Waals surface area contributed by atoms with Crippen molar-refractivity contribution in [2.45, 2.75) is 0 Å². The van der Waals surface area contributed by atoms with Crippen molar-refractivity contribution in [1.82, 2.24) is 19.9 Å². The molecule has 2 aliphatic heterocycles.